The van der Waals surface area contributed by atoms with Crippen LogP contribution >= 0.6 is 0 Å². The molecule has 1 aromatic heterocycles. The number of hydrogen-bond donors (Lipinski definition) is 1. The van der Waals surface area contributed by atoms with Crippen LogP contribution in [0.3, 0.4) is 0 Å². The number of nitrogens with one attached hydrogen (secondary N) is 1. The number of hydrogen-bond acceptors (Lipinski definition) is 7. The first-order valence-corrected chi connectivity index (χ1v) is 8.77. The highest BCUT2D eigenvalue weighted by atomic mass is 32.2. The molecule has 2 heterocycles. The third-order valence-electron chi connectivity index (χ3n) is 3.49. The summed E-state index contributed by atoms with van der Waals surface area (Å²) in [7, 11) is -3.91. The van der Waals surface area contributed by atoms with Gasteiger partial charge in [-0.15, -0.1) is 15.9 Å². The smallest absolute Gasteiger partial charge is 0.204 e. The van der Waals surface area contributed by atoms with Crippen LogP contribution in [0.2, 0.25) is 0 Å². The lowest BCUT2D eigenvalue weighted by atomic mass is 10.2. The molecule has 25 heavy (non-hydrogen) atoms. The lowest BCUT2D eigenvalue weighted by molar-refractivity contribution is 0.171. The Labute approximate surface area is 143 Å². The topological polar surface area (TPSA) is 121 Å². The summed E-state index contributed by atoms with van der Waals surface area (Å²) in [6.45, 7) is 0.812. The fourth-order valence-corrected chi connectivity index (χ4v) is 3.35. The SMILES string of the molecule is O=S(=O)([N-]c1cccc(-c2nn[nH]n2)c1)c1ccc2c(c1)OCCO2. The third kappa shape index (κ3) is 3.11. The van der Waals surface area contributed by atoms with E-state index in [0.29, 0.717) is 36.1 Å². The van der Waals surface area contributed by atoms with Crippen LogP contribution in [0, 0.1) is 0 Å². The molecule has 0 unspecified atom stereocenters. The number of sulfonamides is 1. The van der Waals surface area contributed by atoms with Crippen molar-refractivity contribution in [1.29, 1.82) is 0 Å². The fraction of sp³-hybridized carbons (Fsp3) is 0.133. The number of rotatable bonds is 4. The van der Waals surface area contributed by atoms with Crippen molar-refractivity contribution in [3.63, 3.8) is 0 Å². The number of H-pyrrole nitrogens is 1. The number of ether oxygens (including phenoxy) is 2. The van der Waals surface area contributed by atoms with Crippen LogP contribution in [0.4, 0.5) is 5.69 Å². The molecule has 0 aliphatic carbocycles. The lowest BCUT2D eigenvalue weighted by Gasteiger charge is -2.24. The van der Waals surface area contributed by atoms with E-state index in [0.717, 1.165) is 0 Å². The molecule has 3 aromatic rings. The van der Waals surface area contributed by atoms with Crippen LogP contribution in [0.1, 0.15) is 0 Å². The van der Waals surface area contributed by atoms with Gasteiger partial charge in [-0.2, -0.15) is 5.21 Å². The first-order chi connectivity index (χ1) is 12.1. The summed E-state index contributed by atoms with van der Waals surface area (Å²) in [5.74, 6) is 1.26. The van der Waals surface area contributed by atoms with Gasteiger partial charge in [0.05, 0.1) is 4.90 Å². The minimum atomic E-state index is -3.91. The van der Waals surface area contributed by atoms with E-state index in [2.05, 4.69) is 25.3 Å². The molecule has 0 fully saturated rings. The zero-order chi connectivity index (χ0) is 17.3. The van der Waals surface area contributed by atoms with Crippen LogP contribution in [-0.4, -0.2) is 42.3 Å². The second-order valence-corrected chi connectivity index (χ2v) is 6.76. The first-order valence-electron chi connectivity index (χ1n) is 7.33. The van der Waals surface area contributed by atoms with E-state index < -0.39 is 10.0 Å². The van der Waals surface area contributed by atoms with Gasteiger partial charge in [-0.05, 0) is 17.3 Å². The molecule has 10 heteroatoms. The predicted molar refractivity (Wildman–Crippen MR) is 87.3 cm³/mol. The fourth-order valence-electron chi connectivity index (χ4n) is 2.36. The van der Waals surface area contributed by atoms with Gasteiger partial charge in [-0.3, -0.25) is 0 Å². The van der Waals surface area contributed by atoms with E-state index in [9.17, 15) is 8.42 Å². The van der Waals surface area contributed by atoms with Gasteiger partial charge in [0.15, 0.2) is 11.5 Å². The number of aromatic nitrogens is 4. The quantitative estimate of drug-likeness (QED) is 0.757. The Morgan fingerprint density at radius 3 is 2.68 bits per heavy atom. The average molecular weight is 358 g/mol. The Kier molecular flexibility index (Phi) is 3.73. The third-order valence-corrected chi connectivity index (χ3v) is 4.79. The molecular formula is C15H12N5O4S-. The molecule has 4 rings (SSSR count). The highest BCUT2D eigenvalue weighted by molar-refractivity contribution is 7.94. The zero-order valence-electron chi connectivity index (χ0n) is 12.8. The van der Waals surface area contributed by atoms with Crippen molar-refractivity contribution in [2.45, 2.75) is 4.90 Å². The lowest BCUT2D eigenvalue weighted by Crippen LogP contribution is -2.15. The van der Waals surface area contributed by atoms with E-state index in [-0.39, 0.29) is 10.6 Å². The molecule has 0 radical (unpaired) electrons. The summed E-state index contributed by atoms with van der Waals surface area (Å²) in [6, 6.07) is 11.0. The van der Waals surface area contributed by atoms with Gasteiger partial charge in [0.1, 0.15) is 23.2 Å². The van der Waals surface area contributed by atoms with Crippen molar-refractivity contribution in [3.8, 4) is 22.9 Å². The van der Waals surface area contributed by atoms with Gasteiger partial charge < -0.3 is 14.2 Å². The minimum absolute atomic E-state index is 0.0294. The molecule has 0 spiro atoms. The number of benzene rings is 2. The van der Waals surface area contributed by atoms with E-state index in [4.69, 9.17) is 9.47 Å². The number of tetrazole rings is 1. The molecule has 0 atom stereocenters. The first kappa shape index (κ1) is 15.4. The van der Waals surface area contributed by atoms with Crippen LogP contribution in [0.15, 0.2) is 47.4 Å². The Balaban J connectivity index is 1.62. The van der Waals surface area contributed by atoms with Crippen molar-refractivity contribution in [2.24, 2.45) is 0 Å². The Bertz CT molecular complexity index is 1000. The van der Waals surface area contributed by atoms with Crippen LogP contribution < -0.4 is 9.47 Å². The highest BCUT2D eigenvalue weighted by Crippen LogP contribution is 2.36. The molecule has 0 bridgehead atoms. The molecule has 0 saturated heterocycles. The Hall–Kier alpha value is -3.14. The predicted octanol–water partition coefficient (Wildman–Crippen LogP) is 2.03. The van der Waals surface area contributed by atoms with Crippen molar-refractivity contribution in [3.05, 3.63) is 47.2 Å². The van der Waals surface area contributed by atoms with Gasteiger partial charge in [-0.1, -0.05) is 24.3 Å². The van der Waals surface area contributed by atoms with Crippen LogP contribution in [0.25, 0.3) is 16.1 Å². The average Bonchev–Trinajstić information content (AvgIpc) is 3.16. The molecule has 1 N–H and O–H groups in total. The Morgan fingerprint density at radius 2 is 1.88 bits per heavy atom. The van der Waals surface area contributed by atoms with Gasteiger partial charge in [-0.25, -0.2) is 8.42 Å². The zero-order valence-corrected chi connectivity index (χ0v) is 13.6. The summed E-state index contributed by atoms with van der Waals surface area (Å²) in [5.41, 5.74) is 0.865. The number of fused-ring (bicyclic) bond motifs is 1. The largest absolute Gasteiger partial charge is 0.573 e. The highest BCUT2D eigenvalue weighted by Gasteiger charge is 2.15. The summed E-state index contributed by atoms with van der Waals surface area (Å²) >= 11 is 0. The Morgan fingerprint density at radius 1 is 1.04 bits per heavy atom. The minimum Gasteiger partial charge on any atom is -0.573 e. The number of nitrogens with zero attached hydrogens (tertiary/aromatic N) is 4. The second kappa shape index (κ2) is 6.06. The summed E-state index contributed by atoms with van der Waals surface area (Å²) in [5, 5.41) is 13.5. The molecule has 128 valence electrons. The standard InChI is InChI=1S/C15H12N5O4S/c21-25(22,12-4-5-13-14(9-12)24-7-6-23-13)18-11-3-1-2-10(8-11)15-16-19-20-17-15/h1-5,8-9H,6-7H2,(H,16,17,19,20)/q-1. The molecule has 0 saturated carbocycles. The summed E-state index contributed by atoms with van der Waals surface area (Å²) in [6.07, 6.45) is 0. The van der Waals surface area contributed by atoms with Gasteiger partial charge >= 0.3 is 0 Å². The maximum Gasteiger partial charge on any atom is 0.204 e. The molecule has 2 aromatic carbocycles. The molecule has 1 aliphatic rings. The van der Waals surface area contributed by atoms with Crippen molar-refractivity contribution >= 4 is 15.7 Å². The molecular weight excluding hydrogens is 346 g/mol. The molecule has 9 nitrogen and oxygen atoms in total. The van der Waals surface area contributed by atoms with Crippen molar-refractivity contribution < 1.29 is 17.9 Å². The monoisotopic (exact) mass is 358 g/mol. The maximum atomic E-state index is 12.6. The summed E-state index contributed by atoms with van der Waals surface area (Å²) in [4.78, 5) is 0.0294. The second-order valence-electron chi connectivity index (χ2n) is 5.16. The van der Waals surface area contributed by atoms with Gasteiger partial charge in [0.2, 0.25) is 5.82 Å². The van der Waals surface area contributed by atoms with E-state index in [1.807, 2.05) is 0 Å². The molecule has 0 amide bonds. The van der Waals surface area contributed by atoms with Gasteiger partial charge in [0, 0.05) is 11.6 Å². The van der Waals surface area contributed by atoms with E-state index >= 15 is 0 Å². The van der Waals surface area contributed by atoms with Crippen LogP contribution in [-0.2, 0) is 10.0 Å². The van der Waals surface area contributed by atoms with E-state index in [1.54, 1.807) is 30.3 Å². The van der Waals surface area contributed by atoms with E-state index in [1.165, 1.54) is 12.1 Å². The van der Waals surface area contributed by atoms with Gasteiger partial charge in [0.25, 0.3) is 0 Å². The van der Waals surface area contributed by atoms with Crippen molar-refractivity contribution in [1.82, 2.24) is 20.6 Å². The van der Waals surface area contributed by atoms with Crippen LogP contribution in [0.5, 0.6) is 11.5 Å². The number of aromatic amines is 1. The maximum absolute atomic E-state index is 12.6. The molecule has 1 aliphatic heterocycles. The summed E-state index contributed by atoms with van der Waals surface area (Å²) < 4.78 is 39.8. The normalized spacial score (nSPS) is 13.4. The van der Waals surface area contributed by atoms with Crippen molar-refractivity contribution in [2.75, 3.05) is 13.2 Å².